The number of carboxylic acid groups (broad SMARTS) is 1. The number of aliphatic carboxylic acids is 1. The third-order valence-corrected chi connectivity index (χ3v) is 4.22. The zero-order valence-corrected chi connectivity index (χ0v) is 11.2. The van der Waals surface area contributed by atoms with Crippen molar-refractivity contribution < 1.29 is 14.7 Å². The third kappa shape index (κ3) is 1.81. The fraction of sp³-hybridized carbons (Fsp3) is 0.500. The maximum Gasteiger partial charge on any atom is 0.331 e. The van der Waals surface area contributed by atoms with Crippen molar-refractivity contribution in [1.82, 2.24) is 14.9 Å². The van der Waals surface area contributed by atoms with E-state index in [1.807, 2.05) is 4.90 Å². The Bertz CT molecular complexity index is 569. The number of carboxylic acids is 1. The van der Waals surface area contributed by atoms with E-state index < -0.39 is 11.5 Å². The lowest BCUT2D eigenvalue weighted by atomic mass is 9.95. The molecule has 0 saturated carbocycles. The van der Waals surface area contributed by atoms with Crippen LogP contribution in [0.2, 0.25) is 5.28 Å². The van der Waals surface area contributed by atoms with E-state index in [1.165, 1.54) is 11.1 Å². The molecule has 3 rings (SSSR count). The molecule has 1 amide bonds. The summed E-state index contributed by atoms with van der Waals surface area (Å²) < 4.78 is 0. The van der Waals surface area contributed by atoms with Crippen LogP contribution in [-0.2, 0) is 9.59 Å². The van der Waals surface area contributed by atoms with E-state index in [0.29, 0.717) is 25.2 Å². The lowest BCUT2D eigenvalue weighted by Crippen LogP contribution is -2.64. The van der Waals surface area contributed by atoms with E-state index in [1.54, 1.807) is 12.5 Å². The van der Waals surface area contributed by atoms with Gasteiger partial charge in [0.2, 0.25) is 5.28 Å². The van der Waals surface area contributed by atoms with Crippen LogP contribution in [0.3, 0.4) is 0 Å². The normalized spacial score (nSPS) is 28.6. The number of piperazine rings is 1. The molecule has 7 nitrogen and oxygen atoms in total. The molecule has 3 heterocycles. The third-order valence-electron chi connectivity index (χ3n) is 4.03. The first-order chi connectivity index (χ1) is 9.56. The van der Waals surface area contributed by atoms with Crippen molar-refractivity contribution in [1.29, 1.82) is 0 Å². The first-order valence-corrected chi connectivity index (χ1v) is 6.58. The maximum absolute atomic E-state index is 11.6. The SMILES string of the molecule is O=[C]N1[C@H]2CC[C@]1(C(=O)O)CN(c1ccnc(Cl)n1)C2. The lowest BCUT2D eigenvalue weighted by molar-refractivity contribution is -0.148. The van der Waals surface area contributed by atoms with Gasteiger partial charge in [0.05, 0.1) is 12.6 Å². The second-order valence-electron chi connectivity index (χ2n) is 5.05. The van der Waals surface area contributed by atoms with Crippen LogP contribution in [0, 0.1) is 0 Å². The largest absolute Gasteiger partial charge is 0.479 e. The number of fused-ring (bicyclic) bond motifs is 2. The second-order valence-corrected chi connectivity index (χ2v) is 5.39. The zero-order chi connectivity index (χ0) is 14.3. The molecule has 20 heavy (non-hydrogen) atoms. The molecule has 2 aliphatic rings. The summed E-state index contributed by atoms with van der Waals surface area (Å²) in [5, 5.41) is 9.64. The molecule has 0 spiro atoms. The van der Waals surface area contributed by atoms with Gasteiger partial charge in [-0.05, 0) is 30.5 Å². The second kappa shape index (κ2) is 4.59. The molecule has 8 heteroatoms. The summed E-state index contributed by atoms with van der Waals surface area (Å²) in [6, 6.07) is 1.52. The summed E-state index contributed by atoms with van der Waals surface area (Å²) >= 11 is 5.77. The molecule has 2 fully saturated rings. The number of anilines is 1. The van der Waals surface area contributed by atoms with Crippen molar-refractivity contribution in [3.63, 3.8) is 0 Å². The van der Waals surface area contributed by atoms with Crippen molar-refractivity contribution in [3.05, 3.63) is 17.5 Å². The molecule has 2 aliphatic heterocycles. The summed E-state index contributed by atoms with van der Waals surface area (Å²) in [4.78, 5) is 33.8. The molecule has 2 bridgehead atoms. The number of carbonyl (C=O) groups is 1. The quantitative estimate of drug-likeness (QED) is 0.807. The van der Waals surface area contributed by atoms with Crippen molar-refractivity contribution >= 4 is 29.8 Å². The Morgan fingerprint density at radius 1 is 1.60 bits per heavy atom. The number of hydrogen-bond acceptors (Lipinski definition) is 5. The van der Waals surface area contributed by atoms with Crippen LogP contribution in [0.25, 0.3) is 0 Å². The summed E-state index contributed by atoms with van der Waals surface area (Å²) in [5.74, 6) is -0.429. The minimum atomic E-state index is -1.22. The average Bonchev–Trinajstić information content (AvgIpc) is 2.65. The van der Waals surface area contributed by atoms with E-state index in [0.717, 1.165) is 0 Å². The Hall–Kier alpha value is -1.89. The highest BCUT2D eigenvalue weighted by atomic mass is 35.5. The fourth-order valence-electron chi connectivity index (χ4n) is 3.08. The monoisotopic (exact) mass is 295 g/mol. The van der Waals surface area contributed by atoms with Gasteiger partial charge in [-0.1, -0.05) is 0 Å². The Kier molecular flexibility index (Phi) is 3.01. The molecule has 0 aliphatic carbocycles. The van der Waals surface area contributed by atoms with E-state index in [2.05, 4.69) is 9.97 Å². The van der Waals surface area contributed by atoms with Gasteiger partial charge in [-0.15, -0.1) is 0 Å². The van der Waals surface area contributed by atoms with Gasteiger partial charge in [0.1, 0.15) is 5.82 Å². The summed E-state index contributed by atoms with van der Waals surface area (Å²) in [5.41, 5.74) is -1.22. The van der Waals surface area contributed by atoms with Crippen LogP contribution in [0.4, 0.5) is 5.82 Å². The first-order valence-electron chi connectivity index (χ1n) is 6.21. The van der Waals surface area contributed by atoms with Crippen molar-refractivity contribution in [3.8, 4) is 0 Å². The Labute approximate surface area is 120 Å². The molecule has 1 aromatic rings. The van der Waals surface area contributed by atoms with E-state index in [4.69, 9.17) is 11.6 Å². The number of amides is 1. The van der Waals surface area contributed by atoms with Crippen LogP contribution >= 0.6 is 11.6 Å². The summed E-state index contributed by atoms with van der Waals surface area (Å²) in [6.07, 6.45) is 4.39. The molecule has 1 radical (unpaired) electrons. The molecule has 1 aromatic heterocycles. The number of carbonyl (C=O) groups excluding carboxylic acids is 1. The predicted octanol–water partition coefficient (Wildman–Crippen LogP) is 0.305. The summed E-state index contributed by atoms with van der Waals surface area (Å²) in [6.45, 7) is 0.707. The minimum absolute atomic E-state index is 0.114. The maximum atomic E-state index is 11.6. The lowest BCUT2D eigenvalue weighted by Gasteiger charge is -2.44. The highest BCUT2D eigenvalue weighted by Crippen LogP contribution is 2.39. The highest BCUT2D eigenvalue weighted by molar-refractivity contribution is 6.28. The molecular weight excluding hydrogens is 284 g/mol. The molecule has 0 aromatic carbocycles. The molecule has 2 saturated heterocycles. The summed E-state index contributed by atoms with van der Waals surface area (Å²) in [7, 11) is 0. The van der Waals surface area contributed by atoms with Crippen LogP contribution in [0.15, 0.2) is 12.3 Å². The van der Waals surface area contributed by atoms with Gasteiger partial charge >= 0.3 is 12.4 Å². The van der Waals surface area contributed by atoms with Gasteiger partial charge in [0.25, 0.3) is 0 Å². The fourth-order valence-corrected chi connectivity index (χ4v) is 3.23. The van der Waals surface area contributed by atoms with E-state index in [-0.39, 0.29) is 17.9 Å². The zero-order valence-electron chi connectivity index (χ0n) is 10.5. The standard InChI is InChI=1S/C12H12ClN4O3/c13-11-14-4-2-9(15-11)16-5-8-1-3-12(6-16,10(19)20)17(8)7-18/h2,4,8H,1,3,5-6H2,(H,19,20)/t8-,12+/m0/s1. The van der Waals surface area contributed by atoms with Gasteiger partial charge < -0.3 is 14.9 Å². The molecule has 0 unspecified atom stereocenters. The average molecular weight is 296 g/mol. The molecule has 105 valence electrons. The minimum Gasteiger partial charge on any atom is -0.479 e. The van der Waals surface area contributed by atoms with Gasteiger partial charge in [-0.2, -0.15) is 0 Å². The number of hydrogen-bond donors (Lipinski definition) is 1. The Morgan fingerprint density at radius 2 is 2.40 bits per heavy atom. The van der Waals surface area contributed by atoms with Crippen molar-refractivity contribution in [2.45, 2.75) is 24.4 Å². The van der Waals surface area contributed by atoms with E-state index in [9.17, 15) is 14.7 Å². The number of rotatable bonds is 3. The van der Waals surface area contributed by atoms with Gasteiger partial charge in [0, 0.05) is 12.7 Å². The smallest absolute Gasteiger partial charge is 0.331 e. The van der Waals surface area contributed by atoms with Crippen LogP contribution < -0.4 is 4.90 Å². The van der Waals surface area contributed by atoms with Crippen LogP contribution in [-0.4, -0.2) is 57.0 Å². The molecular formula is C12H12ClN4O3. The predicted molar refractivity (Wildman–Crippen MR) is 70.2 cm³/mol. The molecule has 2 atom stereocenters. The van der Waals surface area contributed by atoms with Gasteiger partial charge in [-0.3, -0.25) is 4.79 Å². The number of halogens is 1. The van der Waals surface area contributed by atoms with Crippen LogP contribution in [0.1, 0.15) is 12.8 Å². The van der Waals surface area contributed by atoms with Crippen molar-refractivity contribution in [2.75, 3.05) is 18.0 Å². The topological polar surface area (TPSA) is 86.6 Å². The molecule has 1 N–H and O–H groups in total. The Morgan fingerprint density at radius 3 is 3.05 bits per heavy atom. The van der Waals surface area contributed by atoms with Gasteiger partial charge in [0.15, 0.2) is 5.54 Å². The number of aromatic nitrogens is 2. The number of nitrogens with zero attached hydrogens (tertiary/aromatic N) is 4. The highest BCUT2D eigenvalue weighted by Gasteiger charge is 2.56. The van der Waals surface area contributed by atoms with Crippen molar-refractivity contribution in [2.24, 2.45) is 0 Å². The van der Waals surface area contributed by atoms with Gasteiger partial charge in [-0.25, -0.2) is 14.8 Å². The Balaban J connectivity index is 1.96. The van der Waals surface area contributed by atoms with Crippen LogP contribution in [0.5, 0.6) is 0 Å². The van der Waals surface area contributed by atoms with E-state index >= 15 is 0 Å². The first kappa shape index (κ1) is 13.1.